The third-order valence-corrected chi connectivity index (χ3v) is 5.74. The highest BCUT2D eigenvalue weighted by atomic mass is 127. The van der Waals surface area contributed by atoms with E-state index in [2.05, 4.69) is 52.2 Å². The second-order valence-electron chi connectivity index (χ2n) is 6.91. The van der Waals surface area contributed by atoms with Crippen LogP contribution in [0.25, 0.3) is 0 Å². The molecule has 1 aliphatic rings. The Morgan fingerprint density at radius 1 is 1.18 bits per heavy atom. The summed E-state index contributed by atoms with van der Waals surface area (Å²) in [5.74, 6) is 0.921. The van der Waals surface area contributed by atoms with Crippen molar-refractivity contribution in [2.24, 2.45) is 4.99 Å². The fraction of sp³-hybridized carbons (Fsp3) is 0.632. The van der Waals surface area contributed by atoms with Gasteiger partial charge in [0.25, 0.3) is 0 Å². The van der Waals surface area contributed by atoms with Crippen LogP contribution in [0.15, 0.2) is 23.2 Å². The molecule has 0 aromatic heterocycles. The summed E-state index contributed by atoms with van der Waals surface area (Å²) in [6.07, 6.45) is 1.22. The van der Waals surface area contributed by atoms with Crippen LogP contribution >= 0.6 is 24.0 Å². The van der Waals surface area contributed by atoms with Crippen LogP contribution in [0.2, 0.25) is 0 Å². The van der Waals surface area contributed by atoms with Crippen LogP contribution in [-0.4, -0.2) is 84.3 Å². The minimum Gasteiger partial charge on any atom is -0.379 e. The van der Waals surface area contributed by atoms with Crippen molar-refractivity contribution in [2.45, 2.75) is 13.8 Å². The molecule has 0 radical (unpaired) electrons. The third kappa shape index (κ3) is 7.75. The molecule has 1 saturated heterocycles. The van der Waals surface area contributed by atoms with Crippen LogP contribution in [0.3, 0.4) is 0 Å². The Kier molecular flexibility index (Phi) is 10.5. The summed E-state index contributed by atoms with van der Waals surface area (Å²) in [7, 11) is -1.18. The van der Waals surface area contributed by atoms with Gasteiger partial charge >= 0.3 is 0 Å². The zero-order chi connectivity index (χ0) is 19.9. The highest BCUT2D eigenvalue weighted by Crippen LogP contribution is 2.23. The number of aliphatic imine (C=N–C) groups is 1. The molecular weight excluding hydrogens is 491 g/mol. The van der Waals surface area contributed by atoms with Crippen molar-refractivity contribution in [3.63, 3.8) is 0 Å². The van der Waals surface area contributed by atoms with Crippen molar-refractivity contribution in [1.29, 1.82) is 0 Å². The molecule has 2 rings (SSSR count). The monoisotopic (exact) mass is 524 g/mol. The van der Waals surface area contributed by atoms with E-state index >= 15 is 0 Å². The van der Waals surface area contributed by atoms with Gasteiger partial charge < -0.3 is 19.9 Å². The van der Waals surface area contributed by atoms with Crippen LogP contribution in [0, 0.1) is 13.8 Å². The van der Waals surface area contributed by atoms with E-state index in [1.165, 1.54) is 23.1 Å². The predicted octanol–water partition coefficient (Wildman–Crippen LogP) is 1.68. The molecule has 0 unspecified atom stereocenters. The molecule has 0 atom stereocenters. The number of halogens is 1. The van der Waals surface area contributed by atoms with E-state index in [0.717, 1.165) is 32.1 Å². The van der Waals surface area contributed by atoms with E-state index in [9.17, 15) is 8.42 Å². The molecule has 160 valence electrons. The maximum atomic E-state index is 11.1. The van der Waals surface area contributed by atoms with Gasteiger partial charge in [-0.15, -0.1) is 24.0 Å². The van der Waals surface area contributed by atoms with Crippen LogP contribution in [-0.2, 0) is 14.6 Å². The third-order valence-electron chi connectivity index (χ3n) is 4.84. The van der Waals surface area contributed by atoms with E-state index in [4.69, 9.17) is 4.74 Å². The lowest BCUT2D eigenvalue weighted by atomic mass is 10.1. The van der Waals surface area contributed by atoms with Gasteiger partial charge in [0.15, 0.2) is 5.96 Å². The first-order valence-electron chi connectivity index (χ1n) is 9.34. The first-order chi connectivity index (χ1) is 12.8. The van der Waals surface area contributed by atoms with Crippen LogP contribution in [0.5, 0.6) is 0 Å². The molecule has 0 spiro atoms. The van der Waals surface area contributed by atoms with Crippen molar-refractivity contribution in [2.75, 3.05) is 69.9 Å². The van der Waals surface area contributed by atoms with Gasteiger partial charge in [0.1, 0.15) is 9.84 Å². The number of hydrogen-bond donors (Lipinski definition) is 1. The molecule has 1 fully saturated rings. The molecule has 7 nitrogen and oxygen atoms in total. The van der Waals surface area contributed by atoms with Gasteiger partial charge in [-0.05, 0) is 31.0 Å². The molecule has 9 heteroatoms. The lowest BCUT2D eigenvalue weighted by molar-refractivity contribution is 0.153. The number of benzene rings is 1. The van der Waals surface area contributed by atoms with E-state index in [1.807, 2.05) is 0 Å². The zero-order valence-electron chi connectivity index (χ0n) is 17.3. The number of nitrogens with zero attached hydrogens (tertiary/aromatic N) is 3. The van der Waals surface area contributed by atoms with Gasteiger partial charge in [-0.25, -0.2) is 8.42 Å². The van der Waals surface area contributed by atoms with E-state index < -0.39 is 9.84 Å². The van der Waals surface area contributed by atoms with Gasteiger partial charge in [-0.1, -0.05) is 12.1 Å². The number of nitrogens with one attached hydrogen (secondary N) is 1. The summed E-state index contributed by atoms with van der Waals surface area (Å²) < 4.78 is 27.5. The van der Waals surface area contributed by atoms with Crippen LogP contribution in [0.4, 0.5) is 5.69 Å². The molecule has 1 aliphatic heterocycles. The van der Waals surface area contributed by atoms with Gasteiger partial charge in [-0.3, -0.25) is 4.99 Å². The Hall–Kier alpha value is -1.07. The molecular formula is C19H33IN4O3S. The quantitative estimate of drug-likeness (QED) is 0.253. The highest BCUT2D eigenvalue weighted by molar-refractivity contribution is 14.0. The molecule has 1 aromatic carbocycles. The lowest BCUT2D eigenvalue weighted by Crippen LogP contribution is -2.53. The minimum atomic E-state index is -2.97. The van der Waals surface area contributed by atoms with Crippen molar-refractivity contribution >= 4 is 45.5 Å². The Balaban J connectivity index is 0.00000392. The summed E-state index contributed by atoms with van der Waals surface area (Å²) in [6.45, 7) is 9.34. The first kappa shape index (κ1) is 25.0. The van der Waals surface area contributed by atoms with Crippen molar-refractivity contribution in [3.05, 3.63) is 29.3 Å². The normalized spacial score (nSPS) is 15.4. The molecule has 1 heterocycles. The first-order valence-corrected chi connectivity index (χ1v) is 11.4. The van der Waals surface area contributed by atoms with Crippen LogP contribution in [0.1, 0.15) is 11.1 Å². The maximum absolute atomic E-state index is 11.1. The topological polar surface area (TPSA) is 74.2 Å². The summed E-state index contributed by atoms with van der Waals surface area (Å²) >= 11 is 0. The van der Waals surface area contributed by atoms with E-state index in [-0.39, 0.29) is 36.3 Å². The second-order valence-corrected chi connectivity index (χ2v) is 9.17. The SMILES string of the molecule is CN=C(NCCOCCS(C)(=O)=O)N1CCN(c2cccc(C)c2C)CC1.I. The fourth-order valence-electron chi connectivity index (χ4n) is 3.12. The zero-order valence-corrected chi connectivity index (χ0v) is 20.4. The van der Waals surface area contributed by atoms with Crippen molar-refractivity contribution in [1.82, 2.24) is 10.2 Å². The summed E-state index contributed by atoms with van der Waals surface area (Å²) in [5, 5.41) is 3.29. The number of sulfone groups is 1. The summed E-state index contributed by atoms with van der Waals surface area (Å²) in [5.41, 5.74) is 3.99. The average molecular weight is 524 g/mol. The summed E-state index contributed by atoms with van der Waals surface area (Å²) in [4.78, 5) is 9.04. The average Bonchev–Trinajstić information content (AvgIpc) is 2.63. The largest absolute Gasteiger partial charge is 0.379 e. The number of rotatable bonds is 7. The van der Waals surface area contributed by atoms with E-state index in [1.54, 1.807) is 7.05 Å². The Morgan fingerprint density at radius 3 is 2.46 bits per heavy atom. The predicted molar refractivity (Wildman–Crippen MR) is 127 cm³/mol. The molecule has 1 N–H and O–H groups in total. The molecule has 0 bridgehead atoms. The Bertz CT molecular complexity index is 748. The second kappa shape index (κ2) is 11.8. The van der Waals surface area contributed by atoms with Crippen LogP contribution < -0.4 is 10.2 Å². The molecule has 1 aromatic rings. The van der Waals surface area contributed by atoms with Gasteiger partial charge in [0.05, 0.1) is 19.0 Å². The number of anilines is 1. The van der Waals surface area contributed by atoms with Gasteiger partial charge in [0, 0.05) is 51.7 Å². The molecule has 0 saturated carbocycles. The van der Waals surface area contributed by atoms with Gasteiger partial charge in [-0.2, -0.15) is 0 Å². The van der Waals surface area contributed by atoms with E-state index in [0.29, 0.717) is 13.2 Å². The molecule has 28 heavy (non-hydrogen) atoms. The number of aryl methyl sites for hydroxylation is 1. The van der Waals surface area contributed by atoms with Crippen molar-refractivity contribution < 1.29 is 13.2 Å². The molecule has 0 amide bonds. The maximum Gasteiger partial charge on any atom is 0.193 e. The van der Waals surface area contributed by atoms with Crippen molar-refractivity contribution in [3.8, 4) is 0 Å². The molecule has 0 aliphatic carbocycles. The highest BCUT2D eigenvalue weighted by Gasteiger charge is 2.20. The summed E-state index contributed by atoms with van der Waals surface area (Å²) in [6, 6.07) is 6.46. The number of guanidine groups is 1. The lowest BCUT2D eigenvalue weighted by Gasteiger charge is -2.38. The fourth-order valence-corrected chi connectivity index (χ4v) is 3.54. The number of ether oxygens (including phenoxy) is 1. The standard InChI is InChI=1S/C19H32N4O3S.HI/c1-16-6-5-7-18(17(16)2)22-9-11-23(12-10-22)19(20-3)21-8-13-26-14-15-27(4,24)25;/h5-7H,8-15H2,1-4H3,(H,20,21);1H. The smallest absolute Gasteiger partial charge is 0.193 e. The minimum absolute atomic E-state index is 0. The Morgan fingerprint density at radius 2 is 1.86 bits per heavy atom. The number of piperazine rings is 1. The Labute approximate surface area is 186 Å². The number of hydrogen-bond acceptors (Lipinski definition) is 5. The van der Waals surface area contributed by atoms with Gasteiger partial charge in [0.2, 0.25) is 0 Å².